The number of benzene rings is 1. The molecule has 1 unspecified atom stereocenters. The summed E-state index contributed by atoms with van der Waals surface area (Å²) in [6.07, 6.45) is 0. The number of halogens is 2. The number of carbonyl (C=O) groups is 1. The van der Waals surface area contributed by atoms with E-state index in [0.717, 1.165) is 0 Å². The zero-order valence-corrected chi connectivity index (χ0v) is 8.79. The summed E-state index contributed by atoms with van der Waals surface area (Å²) in [7, 11) is 0. The van der Waals surface area contributed by atoms with Gasteiger partial charge in [-0.3, -0.25) is 4.79 Å². The summed E-state index contributed by atoms with van der Waals surface area (Å²) in [6, 6.07) is 8.57. The number of rotatable bonds is 3. The Kier molecular flexibility index (Phi) is 3.37. The standard InChI is InChI=1S/C9H10Cl2N2O/c10-7(11)9(13,8(12)14)6-4-2-1-3-5-6/h1-5,7H,13H2,(H2,12,14). The van der Waals surface area contributed by atoms with Crippen LogP contribution in [0.4, 0.5) is 0 Å². The molecule has 0 aromatic heterocycles. The minimum atomic E-state index is -1.54. The lowest BCUT2D eigenvalue weighted by Gasteiger charge is -2.27. The molecular weight excluding hydrogens is 223 g/mol. The van der Waals surface area contributed by atoms with Gasteiger partial charge in [-0.25, -0.2) is 0 Å². The van der Waals surface area contributed by atoms with Crippen LogP contribution in [0.1, 0.15) is 5.56 Å². The molecule has 0 bridgehead atoms. The highest BCUT2D eigenvalue weighted by atomic mass is 35.5. The fourth-order valence-electron chi connectivity index (χ4n) is 1.09. The molecule has 0 saturated carbocycles. The molecule has 0 aliphatic carbocycles. The van der Waals surface area contributed by atoms with Crippen LogP contribution in [-0.2, 0) is 10.3 Å². The van der Waals surface area contributed by atoms with Crippen molar-refractivity contribution in [2.24, 2.45) is 11.5 Å². The Balaban J connectivity index is 3.20. The molecule has 5 heteroatoms. The van der Waals surface area contributed by atoms with Gasteiger partial charge in [0.15, 0.2) is 5.54 Å². The molecule has 1 rings (SSSR count). The largest absolute Gasteiger partial charge is 0.368 e. The molecule has 0 aliphatic rings. The molecule has 0 spiro atoms. The molecule has 14 heavy (non-hydrogen) atoms. The van der Waals surface area contributed by atoms with E-state index in [1.165, 1.54) is 0 Å². The fraction of sp³-hybridized carbons (Fsp3) is 0.222. The highest BCUT2D eigenvalue weighted by Gasteiger charge is 2.40. The topological polar surface area (TPSA) is 69.1 Å². The van der Waals surface area contributed by atoms with E-state index in [-0.39, 0.29) is 0 Å². The summed E-state index contributed by atoms with van der Waals surface area (Å²) in [5.41, 5.74) is 9.90. The van der Waals surface area contributed by atoms with Crippen molar-refractivity contribution in [3.05, 3.63) is 35.9 Å². The van der Waals surface area contributed by atoms with Crippen molar-refractivity contribution in [2.75, 3.05) is 0 Å². The lowest BCUT2D eigenvalue weighted by atomic mass is 9.92. The molecule has 1 aromatic carbocycles. The van der Waals surface area contributed by atoms with E-state index in [9.17, 15) is 4.79 Å². The van der Waals surface area contributed by atoms with E-state index in [4.69, 9.17) is 34.7 Å². The van der Waals surface area contributed by atoms with Gasteiger partial charge >= 0.3 is 0 Å². The minimum Gasteiger partial charge on any atom is -0.368 e. The summed E-state index contributed by atoms with van der Waals surface area (Å²) in [5.74, 6) is -0.751. The Morgan fingerprint density at radius 1 is 1.29 bits per heavy atom. The van der Waals surface area contributed by atoms with Crippen LogP contribution in [0, 0.1) is 0 Å². The van der Waals surface area contributed by atoms with Gasteiger partial charge < -0.3 is 11.5 Å². The van der Waals surface area contributed by atoms with Gasteiger partial charge in [-0.15, -0.1) is 23.2 Å². The first-order chi connectivity index (χ1) is 6.49. The summed E-state index contributed by atoms with van der Waals surface area (Å²) in [5, 5.41) is 0. The zero-order valence-electron chi connectivity index (χ0n) is 7.28. The molecule has 0 heterocycles. The number of carbonyl (C=O) groups excluding carboxylic acids is 1. The third kappa shape index (κ3) is 1.85. The maximum Gasteiger partial charge on any atom is 0.244 e. The molecule has 0 aliphatic heterocycles. The third-order valence-electron chi connectivity index (χ3n) is 2.00. The SMILES string of the molecule is NC(=O)C(N)(c1ccccc1)C(Cl)Cl. The molecule has 76 valence electrons. The van der Waals surface area contributed by atoms with Gasteiger partial charge in [0.25, 0.3) is 0 Å². The first-order valence-corrected chi connectivity index (χ1v) is 4.79. The maximum atomic E-state index is 11.2. The Labute approximate surface area is 92.0 Å². The number of hydrogen-bond donors (Lipinski definition) is 2. The van der Waals surface area contributed by atoms with Crippen LogP contribution in [0.5, 0.6) is 0 Å². The molecule has 1 amide bonds. The van der Waals surface area contributed by atoms with Gasteiger partial charge in [0.2, 0.25) is 5.91 Å². The second kappa shape index (κ2) is 4.17. The number of primary amides is 1. The molecule has 3 nitrogen and oxygen atoms in total. The van der Waals surface area contributed by atoms with Crippen molar-refractivity contribution in [3.63, 3.8) is 0 Å². The van der Waals surface area contributed by atoms with E-state index in [1.54, 1.807) is 30.3 Å². The number of nitrogens with two attached hydrogens (primary N) is 2. The monoisotopic (exact) mass is 232 g/mol. The van der Waals surface area contributed by atoms with E-state index >= 15 is 0 Å². The van der Waals surface area contributed by atoms with Crippen molar-refractivity contribution in [2.45, 2.75) is 10.4 Å². The second-order valence-electron chi connectivity index (χ2n) is 2.90. The van der Waals surface area contributed by atoms with Crippen LogP contribution in [0.3, 0.4) is 0 Å². The Hall–Kier alpha value is -0.770. The highest BCUT2D eigenvalue weighted by Crippen LogP contribution is 2.28. The van der Waals surface area contributed by atoms with Crippen molar-refractivity contribution >= 4 is 29.1 Å². The average molecular weight is 233 g/mol. The fourth-order valence-corrected chi connectivity index (χ4v) is 1.56. The minimum absolute atomic E-state index is 0.502. The van der Waals surface area contributed by atoms with E-state index < -0.39 is 16.3 Å². The van der Waals surface area contributed by atoms with Crippen molar-refractivity contribution < 1.29 is 4.79 Å². The quantitative estimate of drug-likeness (QED) is 0.768. The lowest BCUT2D eigenvalue weighted by Crippen LogP contribution is -2.53. The van der Waals surface area contributed by atoms with Crippen LogP contribution in [0.2, 0.25) is 0 Å². The first kappa shape index (κ1) is 11.3. The number of amides is 1. The zero-order chi connectivity index (χ0) is 10.8. The van der Waals surface area contributed by atoms with Gasteiger partial charge in [0.1, 0.15) is 4.84 Å². The third-order valence-corrected chi connectivity index (χ3v) is 2.69. The van der Waals surface area contributed by atoms with Gasteiger partial charge in [-0.05, 0) is 5.56 Å². The summed E-state index contributed by atoms with van der Waals surface area (Å²) in [6.45, 7) is 0. The predicted octanol–water partition coefficient (Wildman–Crippen LogP) is 1.13. The smallest absolute Gasteiger partial charge is 0.244 e. The molecule has 0 saturated heterocycles. The molecule has 0 radical (unpaired) electrons. The van der Waals surface area contributed by atoms with E-state index in [2.05, 4.69) is 0 Å². The first-order valence-electron chi connectivity index (χ1n) is 3.92. The van der Waals surface area contributed by atoms with Crippen LogP contribution < -0.4 is 11.5 Å². The van der Waals surface area contributed by atoms with Crippen molar-refractivity contribution in [1.82, 2.24) is 0 Å². The van der Waals surface area contributed by atoms with Crippen molar-refractivity contribution in [3.8, 4) is 0 Å². The predicted molar refractivity (Wildman–Crippen MR) is 57.0 cm³/mol. The van der Waals surface area contributed by atoms with E-state index in [1.807, 2.05) is 0 Å². The van der Waals surface area contributed by atoms with E-state index in [0.29, 0.717) is 5.56 Å². The van der Waals surface area contributed by atoms with Crippen LogP contribution in [0.15, 0.2) is 30.3 Å². The van der Waals surface area contributed by atoms with Gasteiger partial charge in [0, 0.05) is 0 Å². The molecule has 1 aromatic rings. The Bertz CT molecular complexity index is 329. The van der Waals surface area contributed by atoms with Gasteiger partial charge in [-0.2, -0.15) is 0 Å². The lowest BCUT2D eigenvalue weighted by molar-refractivity contribution is -0.123. The van der Waals surface area contributed by atoms with Crippen molar-refractivity contribution in [1.29, 1.82) is 0 Å². The average Bonchev–Trinajstić information content (AvgIpc) is 2.17. The highest BCUT2D eigenvalue weighted by molar-refractivity contribution is 6.46. The molecular formula is C9H10Cl2N2O. The summed E-state index contributed by atoms with van der Waals surface area (Å²) in [4.78, 5) is 10.1. The van der Waals surface area contributed by atoms with Crippen LogP contribution in [0.25, 0.3) is 0 Å². The normalized spacial score (nSPS) is 15.1. The Morgan fingerprint density at radius 3 is 2.14 bits per heavy atom. The van der Waals surface area contributed by atoms with Gasteiger partial charge in [-0.1, -0.05) is 30.3 Å². The summed E-state index contributed by atoms with van der Waals surface area (Å²) < 4.78 is 0. The summed E-state index contributed by atoms with van der Waals surface area (Å²) >= 11 is 11.3. The molecule has 1 atom stereocenters. The van der Waals surface area contributed by atoms with Crippen LogP contribution >= 0.6 is 23.2 Å². The molecule has 0 fully saturated rings. The number of alkyl halides is 2. The van der Waals surface area contributed by atoms with Gasteiger partial charge in [0.05, 0.1) is 0 Å². The number of hydrogen-bond acceptors (Lipinski definition) is 2. The maximum absolute atomic E-state index is 11.2. The second-order valence-corrected chi connectivity index (χ2v) is 4.00. The Morgan fingerprint density at radius 2 is 1.79 bits per heavy atom. The molecule has 4 N–H and O–H groups in total. The van der Waals surface area contributed by atoms with Crippen LogP contribution in [-0.4, -0.2) is 10.7 Å².